The molecule has 1 saturated carbocycles. The van der Waals surface area contributed by atoms with Gasteiger partial charge in [-0.3, -0.25) is 19.3 Å². The van der Waals surface area contributed by atoms with Crippen molar-refractivity contribution in [2.75, 3.05) is 30.4 Å². The van der Waals surface area contributed by atoms with Crippen LogP contribution in [0.1, 0.15) is 44.9 Å². The van der Waals surface area contributed by atoms with Gasteiger partial charge in [0.15, 0.2) is 0 Å². The number of carbonyl (C=O) groups is 3. The van der Waals surface area contributed by atoms with Gasteiger partial charge < -0.3 is 5.32 Å². The van der Waals surface area contributed by atoms with E-state index in [0.29, 0.717) is 43.8 Å². The molecule has 10 heteroatoms. The molecule has 3 aliphatic rings. The highest BCUT2D eigenvalue weighted by Crippen LogP contribution is 2.39. The molecule has 33 heavy (non-hydrogen) atoms. The molecule has 2 saturated heterocycles. The molecule has 0 spiro atoms. The second-order valence-electron chi connectivity index (χ2n) is 8.97. The smallest absolute Gasteiger partial charge is 0.247 e. The molecular weight excluding hydrogens is 462 g/mol. The fourth-order valence-corrected chi connectivity index (χ4v) is 7.16. The predicted octanol–water partition coefficient (Wildman–Crippen LogP) is 2.71. The summed E-state index contributed by atoms with van der Waals surface area (Å²) in [5.74, 6) is -0.948. The lowest BCUT2D eigenvalue weighted by Crippen LogP contribution is -2.48. The van der Waals surface area contributed by atoms with Gasteiger partial charge in [-0.1, -0.05) is 18.9 Å². The number of imide groups is 1. The number of amides is 3. The third-order valence-corrected chi connectivity index (χ3v) is 9.43. The molecule has 0 aromatic heterocycles. The number of hydrogen-bond donors (Lipinski definition) is 1. The minimum absolute atomic E-state index is 0.127. The number of fused-ring (bicyclic) bond motifs is 1. The average molecular weight is 494 g/mol. The van der Waals surface area contributed by atoms with Crippen molar-refractivity contribution in [3.05, 3.63) is 24.3 Å². The zero-order valence-electron chi connectivity index (χ0n) is 18.9. The van der Waals surface area contributed by atoms with E-state index in [-0.39, 0.29) is 28.5 Å². The molecule has 3 fully saturated rings. The summed E-state index contributed by atoms with van der Waals surface area (Å²) in [4.78, 5) is 40.8. The Balaban J connectivity index is 1.55. The van der Waals surface area contributed by atoms with Crippen molar-refractivity contribution in [1.82, 2.24) is 9.21 Å². The quantitative estimate of drug-likeness (QED) is 0.559. The van der Waals surface area contributed by atoms with Gasteiger partial charge in [-0.05, 0) is 62.3 Å². The molecule has 3 atom stereocenters. The van der Waals surface area contributed by atoms with Crippen LogP contribution in [-0.2, 0) is 24.4 Å². The third kappa shape index (κ3) is 4.83. The van der Waals surface area contributed by atoms with Crippen molar-refractivity contribution < 1.29 is 22.8 Å². The molecule has 180 valence electrons. The fourth-order valence-electron chi connectivity index (χ4n) is 5.14. The molecule has 1 aromatic rings. The van der Waals surface area contributed by atoms with Crippen LogP contribution in [0.2, 0.25) is 0 Å². The molecule has 2 aliphatic heterocycles. The number of nitrogens with zero attached hydrogens (tertiary/aromatic N) is 2. The summed E-state index contributed by atoms with van der Waals surface area (Å²) in [7, 11) is -3.62. The lowest BCUT2D eigenvalue weighted by Gasteiger charge is -2.26. The summed E-state index contributed by atoms with van der Waals surface area (Å²) in [6, 6.07) is 5.29. The van der Waals surface area contributed by atoms with Crippen LogP contribution >= 0.6 is 11.8 Å². The minimum atomic E-state index is -3.62. The van der Waals surface area contributed by atoms with E-state index in [0.717, 1.165) is 25.7 Å². The number of sulfonamides is 1. The maximum atomic E-state index is 13.3. The highest BCUT2D eigenvalue weighted by molar-refractivity contribution is 7.98. The zero-order valence-corrected chi connectivity index (χ0v) is 20.5. The summed E-state index contributed by atoms with van der Waals surface area (Å²) in [5, 5.41) is 2.78. The van der Waals surface area contributed by atoms with Gasteiger partial charge in [0, 0.05) is 18.8 Å². The second kappa shape index (κ2) is 10.1. The Hall–Kier alpha value is -1.91. The minimum Gasteiger partial charge on any atom is -0.324 e. The van der Waals surface area contributed by atoms with Crippen LogP contribution in [0.25, 0.3) is 0 Å². The van der Waals surface area contributed by atoms with Crippen molar-refractivity contribution >= 4 is 45.2 Å². The van der Waals surface area contributed by atoms with E-state index in [2.05, 4.69) is 5.32 Å². The summed E-state index contributed by atoms with van der Waals surface area (Å²) < 4.78 is 27.3. The summed E-state index contributed by atoms with van der Waals surface area (Å²) in [6.07, 6.45) is 7.18. The normalized spacial score (nSPS) is 24.7. The lowest BCUT2D eigenvalue weighted by molar-refractivity contribution is -0.146. The number of benzene rings is 1. The molecule has 3 amide bonds. The summed E-state index contributed by atoms with van der Waals surface area (Å²) >= 11 is 1.55. The number of rotatable bonds is 8. The van der Waals surface area contributed by atoms with E-state index >= 15 is 0 Å². The van der Waals surface area contributed by atoms with E-state index in [1.165, 1.54) is 21.3 Å². The fraction of sp³-hybridized carbons (Fsp3) is 0.609. The maximum absolute atomic E-state index is 13.3. The molecular formula is C23H31N3O5S2. The molecule has 0 radical (unpaired) electrons. The van der Waals surface area contributed by atoms with E-state index in [9.17, 15) is 22.8 Å². The van der Waals surface area contributed by atoms with Gasteiger partial charge in [-0.15, -0.1) is 0 Å². The van der Waals surface area contributed by atoms with Crippen molar-refractivity contribution in [3.8, 4) is 0 Å². The Morgan fingerprint density at radius 1 is 1.09 bits per heavy atom. The first-order valence-electron chi connectivity index (χ1n) is 11.6. The van der Waals surface area contributed by atoms with Gasteiger partial charge in [0.2, 0.25) is 27.7 Å². The zero-order chi connectivity index (χ0) is 23.6. The van der Waals surface area contributed by atoms with Gasteiger partial charge in [-0.2, -0.15) is 16.1 Å². The summed E-state index contributed by atoms with van der Waals surface area (Å²) in [6.45, 7) is 0.994. The van der Waals surface area contributed by atoms with E-state index in [1.54, 1.807) is 23.9 Å². The average Bonchev–Trinajstić information content (AvgIpc) is 3.44. The first-order chi connectivity index (χ1) is 15.8. The van der Waals surface area contributed by atoms with Gasteiger partial charge in [0.25, 0.3) is 0 Å². The molecule has 4 rings (SSSR count). The summed E-state index contributed by atoms with van der Waals surface area (Å²) in [5.41, 5.74) is 0.339. The van der Waals surface area contributed by atoms with Crippen LogP contribution in [0.3, 0.4) is 0 Å². The SMILES string of the molecule is CSCCC(C(=O)Nc1cccc(S(=O)(=O)N2CCCC2)c1)N1C(=O)C2CCCCC2C1=O. The van der Waals surface area contributed by atoms with E-state index in [4.69, 9.17) is 0 Å². The van der Waals surface area contributed by atoms with E-state index in [1.807, 2.05) is 6.26 Å². The van der Waals surface area contributed by atoms with Crippen LogP contribution < -0.4 is 5.32 Å². The Labute approximate surface area is 199 Å². The van der Waals surface area contributed by atoms with Crippen LogP contribution in [-0.4, -0.2) is 66.5 Å². The van der Waals surface area contributed by atoms with Gasteiger partial charge in [0.1, 0.15) is 6.04 Å². The Morgan fingerprint density at radius 3 is 2.33 bits per heavy atom. The highest BCUT2D eigenvalue weighted by Gasteiger charge is 2.51. The number of carbonyl (C=O) groups excluding carboxylic acids is 3. The lowest BCUT2D eigenvalue weighted by atomic mass is 9.81. The van der Waals surface area contributed by atoms with Gasteiger partial charge in [0.05, 0.1) is 16.7 Å². The molecule has 1 aliphatic carbocycles. The number of nitrogens with one attached hydrogen (secondary N) is 1. The first-order valence-corrected chi connectivity index (χ1v) is 14.4. The molecule has 1 aromatic carbocycles. The maximum Gasteiger partial charge on any atom is 0.247 e. The van der Waals surface area contributed by atoms with Crippen LogP contribution in [0.15, 0.2) is 29.2 Å². The third-order valence-electron chi connectivity index (χ3n) is 6.89. The predicted molar refractivity (Wildman–Crippen MR) is 127 cm³/mol. The molecule has 2 heterocycles. The standard InChI is InChI=1S/C23H31N3O5S2/c1-32-14-11-20(26-22(28)18-9-2-3-10-19(18)23(26)29)21(27)24-16-7-6-8-17(15-16)33(30,31)25-12-4-5-13-25/h6-8,15,18-20H,2-5,9-14H2,1H3,(H,24,27). The molecule has 1 N–H and O–H groups in total. The Kier molecular flexibility index (Phi) is 7.45. The van der Waals surface area contributed by atoms with Crippen molar-refractivity contribution in [3.63, 3.8) is 0 Å². The monoisotopic (exact) mass is 493 g/mol. The Bertz CT molecular complexity index is 999. The molecule has 3 unspecified atom stereocenters. The van der Waals surface area contributed by atoms with Crippen molar-refractivity contribution in [2.45, 2.75) is 55.9 Å². The van der Waals surface area contributed by atoms with Crippen LogP contribution in [0.5, 0.6) is 0 Å². The Morgan fingerprint density at radius 2 is 1.73 bits per heavy atom. The first kappa shape index (κ1) is 24.2. The number of hydrogen-bond acceptors (Lipinski definition) is 6. The van der Waals surface area contributed by atoms with Crippen molar-refractivity contribution in [2.24, 2.45) is 11.8 Å². The topological polar surface area (TPSA) is 104 Å². The van der Waals surface area contributed by atoms with Crippen LogP contribution in [0, 0.1) is 11.8 Å². The molecule has 0 bridgehead atoms. The highest BCUT2D eigenvalue weighted by atomic mass is 32.2. The van der Waals surface area contributed by atoms with Gasteiger partial charge >= 0.3 is 0 Å². The molecule has 8 nitrogen and oxygen atoms in total. The van der Waals surface area contributed by atoms with Crippen LogP contribution in [0.4, 0.5) is 5.69 Å². The number of anilines is 1. The van der Waals surface area contributed by atoms with E-state index < -0.39 is 22.0 Å². The second-order valence-corrected chi connectivity index (χ2v) is 11.9. The number of thioether (sulfide) groups is 1. The number of likely N-dealkylation sites (tertiary alicyclic amines) is 1. The van der Waals surface area contributed by atoms with Crippen molar-refractivity contribution in [1.29, 1.82) is 0 Å². The van der Waals surface area contributed by atoms with Gasteiger partial charge in [-0.25, -0.2) is 8.42 Å². The largest absolute Gasteiger partial charge is 0.324 e.